The minimum Gasteiger partial charge on any atom is -0.350 e. The third-order valence-corrected chi connectivity index (χ3v) is 3.19. The second-order valence-corrected chi connectivity index (χ2v) is 5.09. The predicted molar refractivity (Wildman–Crippen MR) is 76.6 cm³/mol. The van der Waals surface area contributed by atoms with Gasteiger partial charge in [-0.25, -0.2) is 4.39 Å². The maximum absolute atomic E-state index is 13.7. The van der Waals surface area contributed by atoms with E-state index >= 15 is 0 Å². The molecule has 1 amide bonds. The van der Waals surface area contributed by atoms with Crippen molar-refractivity contribution in [3.05, 3.63) is 59.7 Å². The molecule has 4 heteroatoms. The van der Waals surface area contributed by atoms with Gasteiger partial charge in [-0.05, 0) is 18.2 Å². The lowest BCUT2D eigenvalue weighted by Crippen LogP contribution is -2.28. The standard InChI is InChI=1S/C16H19FN2O/c1-12(2)16(20)18-10-14-7-5-9-19(14)11-13-6-3-4-8-15(13)17/h3-9,12H,10-11H2,1-2H3,(H,18,20). The quantitative estimate of drug-likeness (QED) is 0.893. The van der Waals surface area contributed by atoms with E-state index in [0.717, 1.165) is 5.69 Å². The normalized spacial score (nSPS) is 10.8. The average Bonchev–Trinajstić information content (AvgIpc) is 2.86. The molecule has 1 heterocycles. The second-order valence-electron chi connectivity index (χ2n) is 5.09. The molecule has 2 aromatic rings. The van der Waals surface area contributed by atoms with Gasteiger partial charge in [-0.2, -0.15) is 0 Å². The third-order valence-electron chi connectivity index (χ3n) is 3.19. The van der Waals surface area contributed by atoms with Crippen LogP contribution >= 0.6 is 0 Å². The largest absolute Gasteiger partial charge is 0.350 e. The van der Waals surface area contributed by atoms with Crippen molar-refractivity contribution in [2.24, 2.45) is 5.92 Å². The summed E-state index contributed by atoms with van der Waals surface area (Å²) in [5.74, 6) is -0.230. The molecule has 2 rings (SSSR count). The number of amides is 1. The molecule has 3 nitrogen and oxygen atoms in total. The van der Waals surface area contributed by atoms with Crippen LogP contribution < -0.4 is 5.32 Å². The third kappa shape index (κ3) is 3.47. The number of nitrogens with zero attached hydrogens (tertiary/aromatic N) is 1. The monoisotopic (exact) mass is 274 g/mol. The second kappa shape index (κ2) is 6.37. The molecule has 0 unspecified atom stereocenters. The van der Waals surface area contributed by atoms with Gasteiger partial charge in [0.25, 0.3) is 0 Å². The van der Waals surface area contributed by atoms with Crippen molar-refractivity contribution in [1.82, 2.24) is 9.88 Å². The molecule has 0 aliphatic heterocycles. The molecule has 0 aliphatic rings. The van der Waals surface area contributed by atoms with Crippen molar-refractivity contribution in [3.63, 3.8) is 0 Å². The lowest BCUT2D eigenvalue weighted by atomic mass is 10.2. The number of nitrogens with one attached hydrogen (secondary N) is 1. The number of carbonyl (C=O) groups is 1. The van der Waals surface area contributed by atoms with E-state index in [2.05, 4.69) is 5.32 Å². The van der Waals surface area contributed by atoms with E-state index in [4.69, 9.17) is 0 Å². The van der Waals surface area contributed by atoms with Crippen molar-refractivity contribution in [2.45, 2.75) is 26.9 Å². The van der Waals surface area contributed by atoms with E-state index in [-0.39, 0.29) is 17.6 Å². The van der Waals surface area contributed by atoms with Gasteiger partial charge in [-0.1, -0.05) is 32.0 Å². The molecule has 0 bridgehead atoms. The van der Waals surface area contributed by atoms with E-state index in [1.165, 1.54) is 6.07 Å². The van der Waals surface area contributed by atoms with Gasteiger partial charge in [0, 0.05) is 23.4 Å². The maximum atomic E-state index is 13.7. The molecule has 0 fully saturated rings. The van der Waals surface area contributed by atoms with Crippen molar-refractivity contribution >= 4 is 5.91 Å². The fourth-order valence-electron chi connectivity index (χ4n) is 1.96. The van der Waals surface area contributed by atoms with Gasteiger partial charge in [0.1, 0.15) is 5.82 Å². The van der Waals surface area contributed by atoms with Gasteiger partial charge in [-0.3, -0.25) is 4.79 Å². The van der Waals surface area contributed by atoms with Crippen LogP contribution in [0.2, 0.25) is 0 Å². The van der Waals surface area contributed by atoms with Gasteiger partial charge < -0.3 is 9.88 Å². The molecule has 0 radical (unpaired) electrons. The highest BCUT2D eigenvalue weighted by Crippen LogP contribution is 2.11. The van der Waals surface area contributed by atoms with Crippen LogP contribution in [-0.4, -0.2) is 10.5 Å². The lowest BCUT2D eigenvalue weighted by Gasteiger charge is -2.12. The van der Waals surface area contributed by atoms with E-state index in [0.29, 0.717) is 18.7 Å². The Morgan fingerprint density at radius 2 is 2.00 bits per heavy atom. The van der Waals surface area contributed by atoms with Crippen molar-refractivity contribution < 1.29 is 9.18 Å². The molecule has 20 heavy (non-hydrogen) atoms. The molecule has 0 saturated heterocycles. The minimum atomic E-state index is -0.210. The Labute approximate surface area is 118 Å². The first kappa shape index (κ1) is 14.3. The summed E-state index contributed by atoms with van der Waals surface area (Å²) < 4.78 is 15.6. The number of benzene rings is 1. The highest BCUT2D eigenvalue weighted by Gasteiger charge is 2.09. The first-order valence-corrected chi connectivity index (χ1v) is 6.73. The van der Waals surface area contributed by atoms with E-state index in [9.17, 15) is 9.18 Å². The van der Waals surface area contributed by atoms with E-state index in [1.807, 2.05) is 42.8 Å². The van der Waals surface area contributed by atoms with Crippen LogP contribution in [0.4, 0.5) is 4.39 Å². The molecule has 1 N–H and O–H groups in total. The zero-order valence-electron chi connectivity index (χ0n) is 11.8. The van der Waals surface area contributed by atoms with Crippen LogP contribution in [0.15, 0.2) is 42.6 Å². The number of hydrogen-bond acceptors (Lipinski definition) is 1. The molecule has 1 aromatic heterocycles. The molecule has 0 aliphatic carbocycles. The summed E-state index contributed by atoms with van der Waals surface area (Å²) in [7, 11) is 0. The Hall–Kier alpha value is -2.10. The Bertz CT molecular complexity index is 590. The number of hydrogen-bond donors (Lipinski definition) is 1. The zero-order valence-corrected chi connectivity index (χ0v) is 11.8. The SMILES string of the molecule is CC(C)C(=O)NCc1cccn1Cc1ccccc1F. The Kier molecular flexibility index (Phi) is 4.56. The van der Waals surface area contributed by atoms with E-state index in [1.54, 1.807) is 12.1 Å². The fourth-order valence-corrected chi connectivity index (χ4v) is 1.96. The zero-order chi connectivity index (χ0) is 14.5. The summed E-state index contributed by atoms with van der Waals surface area (Å²) in [5, 5.41) is 2.87. The molecule has 0 atom stereocenters. The Morgan fingerprint density at radius 3 is 2.70 bits per heavy atom. The lowest BCUT2D eigenvalue weighted by molar-refractivity contribution is -0.124. The summed E-state index contributed by atoms with van der Waals surface area (Å²) in [6.07, 6.45) is 1.89. The Balaban J connectivity index is 2.06. The van der Waals surface area contributed by atoms with Gasteiger partial charge in [0.2, 0.25) is 5.91 Å². The molecular weight excluding hydrogens is 255 g/mol. The highest BCUT2D eigenvalue weighted by molar-refractivity contribution is 5.77. The molecular formula is C16H19FN2O. The fraction of sp³-hybridized carbons (Fsp3) is 0.312. The number of halogens is 1. The highest BCUT2D eigenvalue weighted by atomic mass is 19.1. The number of rotatable bonds is 5. The predicted octanol–water partition coefficient (Wildman–Crippen LogP) is 2.95. The van der Waals surface area contributed by atoms with Crippen molar-refractivity contribution in [1.29, 1.82) is 0 Å². The average molecular weight is 274 g/mol. The summed E-state index contributed by atoms with van der Waals surface area (Å²) in [6.45, 7) is 4.63. The first-order chi connectivity index (χ1) is 9.58. The number of carbonyl (C=O) groups excluding carboxylic acids is 1. The van der Waals surface area contributed by atoms with E-state index < -0.39 is 0 Å². The van der Waals surface area contributed by atoms with Gasteiger partial charge in [-0.15, -0.1) is 0 Å². The van der Waals surface area contributed by atoms with Crippen LogP contribution in [-0.2, 0) is 17.9 Å². The van der Waals surface area contributed by atoms with Crippen LogP contribution in [0.25, 0.3) is 0 Å². The molecule has 1 aromatic carbocycles. The molecule has 0 spiro atoms. The minimum absolute atomic E-state index is 0.0173. The van der Waals surface area contributed by atoms with Crippen LogP contribution in [0.5, 0.6) is 0 Å². The van der Waals surface area contributed by atoms with Crippen LogP contribution in [0.1, 0.15) is 25.1 Å². The summed E-state index contributed by atoms with van der Waals surface area (Å²) >= 11 is 0. The first-order valence-electron chi connectivity index (χ1n) is 6.73. The summed E-state index contributed by atoms with van der Waals surface area (Å²) in [4.78, 5) is 11.6. The van der Waals surface area contributed by atoms with Gasteiger partial charge >= 0.3 is 0 Å². The molecule has 106 valence electrons. The van der Waals surface area contributed by atoms with Gasteiger partial charge in [0.05, 0.1) is 13.1 Å². The van der Waals surface area contributed by atoms with Crippen LogP contribution in [0.3, 0.4) is 0 Å². The molecule has 0 saturated carbocycles. The van der Waals surface area contributed by atoms with Crippen molar-refractivity contribution in [2.75, 3.05) is 0 Å². The van der Waals surface area contributed by atoms with Crippen LogP contribution in [0, 0.1) is 11.7 Å². The van der Waals surface area contributed by atoms with Gasteiger partial charge in [0.15, 0.2) is 0 Å². The smallest absolute Gasteiger partial charge is 0.222 e. The topological polar surface area (TPSA) is 34.0 Å². The summed E-state index contributed by atoms with van der Waals surface area (Å²) in [6, 6.07) is 10.6. The summed E-state index contributed by atoms with van der Waals surface area (Å²) in [5.41, 5.74) is 1.60. The van der Waals surface area contributed by atoms with Crippen molar-refractivity contribution in [3.8, 4) is 0 Å². The Morgan fingerprint density at radius 1 is 1.25 bits per heavy atom. The maximum Gasteiger partial charge on any atom is 0.222 e. The number of aromatic nitrogens is 1.